The number of carbonyl (C=O) groups is 2. The van der Waals surface area contributed by atoms with E-state index < -0.39 is 48.1 Å². The Balaban J connectivity index is 2.17. The molecule has 1 saturated heterocycles. The van der Waals surface area contributed by atoms with Gasteiger partial charge in [-0.15, -0.1) is 0 Å². The number of amides is 2. The Hall–Kier alpha value is -2.30. The number of benzene rings is 1. The van der Waals surface area contributed by atoms with Crippen molar-refractivity contribution < 1.29 is 38.1 Å². The molecule has 8 nitrogen and oxygen atoms in total. The van der Waals surface area contributed by atoms with E-state index in [0.29, 0.717) is 12.7 Å². The van der Waals surface area contributed by atoms with Gasteiger partial charge in [0.05, 0.1) is 37.9 Å². The van der Waals surface area contributed by atoms with Gasteiger partial charge in [-0.3, -0.25) is 9.69 Å². The summed E-state index contributed by atoms with van der Waals surface area (Å²) in [4.78, 5) is 24.5. The lowest BCUT2D eigenvalue weighted by Gasteiger charge is -2.42. The van der Waals surface area contributed by atoms with Crippen LogP contribution in [0.2, 0.25) is 0 Å². The Morgan fingerprint density at radius 2 is 2.03 bits per heavy atom. The van der Waals surface area contributed by atoms with Gasteiger partial charge in [0, 0.05) is 13.0 Å². The number of ether oxygens (including phenoxy) is 2. The average Bonchev–Trinajstić information content (AvgIpc) is 2.66. The number of nitrogens with zero attached hydrogens (tertiary/aromatic N) is 1. The van der Waals surface area contributed by atoms with E-state index in [-0.39, 0.29) is 30.6 Å². The molecule has 1 aliphatic heterocycles. The van der Waals surface area contributed by atoms with Crippen molar-refractivity contribution in [1.29, 1.82) is 0 Å². The number of nitrogens with one attached hydrogen (secondary N) is 1. The molecule has 0 aromatic heterocycles. The lowest BCUT2D eigenvalue weighted by atomic mass is 9.94. The molecule has 1 heterocycles. The summed E-state index contributed by atoms with van der Waals surface area (Å²) in [6, 6.07) is 0.943. The standard InChI is InChI=1S/C21H30F2N2O6/c1-12(26)24-16(7-13-5-6-14(22)8-15(13)23)19(27)17-10-30-18(9-25(17)20(28)29)31-11-21(2,3)4/h5-6,8,16-19,27H,7,9-11H2,1-4H3,(H,24,26)(H,28,29)/t16-,17+,18-,19-/m0/s1. The van der Waals surface area contributed by atoms with Gasteiger partial charge >= 0.3 is 6.09 Å². The number of rotatable bonds is 7. The van der Waals surface area contributed by atoms with Gasteiger partial charge < -0.3 is 25.0 Å². The molecule has 1 fully saturated rings. The van der Waals surface area contributed by atoms with Crippen LogP contribution in [0.15, 0.2) is 18.2 Å². The molecule has 0 saturated carbocycles. The summed E-state index contributed by atoms with van der Waals surface area (Å²) < 4.78 is 38.6. The van der Waals surface area contributed by atoms with Crippen molar-refractivity contribution in [2.24, 2.45) is 5.41 Å². The minimum atomic E-state index is -1.41. The van der Waals surface area contributed by atoms with Gasteiger partial charge in [0.1, 0.15) is 11.6 Å². The van der Waals surface area contributed by atoms with Crippen LogP contribution in [0.4, 0.5) is 13.6 Å². The fraction of sp³-hybridized carbons (Fsp3) is 0.619. The van der Waals surface area contributed by atoms with Crippen molar-refractivity contribution in [1.82, 2.24) is 10.2 Å². The Morgan fingerprint density at radius 1 is 1.35 bits per heavy atom. The van der Waals surface area contributed by atoms with E-state index in [9.17, 15) is 28.6 Å². The van der Waals surface area contributed by atoms with Gasteiger partial charge in [-0.25, -0.2) is 13.6 Å². The van der Waals surface area contributed by atoms with Gasteiger partial charge in [0.25, 0.3) is 0 Å². The number of carboxylic acid groups (broad SMARTS) is 1. The van der Waals surface area contributed by atoms with Crippen molar-refractivity contribution in [2.45, 2.75) is 58.6 Å². The van der Waals surface area contributed by atoms with Crippen LogP contribution in [-0.2, 0) is 20.7 Å². The molecule has 1 aliphatic rings. The number of hydrogen-bond acceptors (Lipinski definition) is 5. The molecule has 4 atom stereocenters. The largest absolute Gasteiger partial charge is 0.465 e. The maximum Gasteiger partial charge on any atom is 0.407 e. The number of aliphatic hydroxyl groups excluding tert-OH is 1. The molecule has 0 bridgehead atoms. The maximum absolute atomic E-state index is 14.1. The summed E-state index contributed by atoms with van der Waals surface area (Å²) in [6.07, 6.45) is -3.66. The van der Waals surface area contributed by atoms with Gasteiger partial charge in [-0.1, -0.05) is 26.8 Å². The minimum absolute atomic E-state index is 0.0733. The number of morpholine rings is 1. The predicted molar refractivity (Wildman–Crippen MR) is 107 cm³/mol. The van der Waals surface area contributed by atoms with Gasteiger partial charge in [0.15, 0.2) is 6.29 Å². The predicted octanol–water partition coefficient (Wildman–Crippen LogP) is 2.14. The monoisotopic (exact) mass is 444 g/mol. The number of hydrogen-bond donors (Lipinski definition) is 3. The maximum atomic E-state index is 14.1. The molecule has 0 spiro atoms. The summed E-state index contributed by atoms with van der Waals surface area (Å²) in [5.74, 6) is -2.07. The van der Waals surface area contributed by atoms with Crippen LogP contribution in [0.5, 0.6) is 0 Å². The fourth-order valence-electron chi connectivity index (χ4n) is 3.30. The molecule has 1 aromatic rings. The summed E-state index contributed by atoms with van der Waals surface area (Å²) in [5, 5.41) is 23.1. The first-order valence-electron chi connectivity index (χ1n) is 9.99. The van der Waals surface area contributed by atoms with Gasteiger partial charge in [-0.05, 0) is 23.5 Å². The second-order valence-electron chi connectivity index (χ2n) is 8.87. The first-order chi connectivity index (χ1) is 14.4. The van der Waals surface area contributed by atoms with Crippen LogP contribution < -0.4 is 5.32 Å². The second-order valence-corrected chi connectivity index (χ2v) is 8.87. The van der Waals surface area contributed by atoms with E-state index >= 15 is 0 Å². The first-order valence-corrected chi connectivity index (χ1v) is 9.99. The molecular weight excluding hydrogens is 414 g/mol. The van der Waals surface area contributed by atoms with Crippen LogP contribution in [0.3, 0.4) is 0 Å². The molecule has 2 amide bonds. The topological polar surface area (TPSA) is 108 Å². The lowest BCUT2D eigenvalue weighted by Crippen LogP contribution is -2.62. The molecule has 0 aliphatic carbocycles. The lowest BCUT2D eigenvalue weighted by molar-refractivity contribution is -0.208. The van der Waals surface area contributed by atoms with E-state index in [1.54, 1.807) is 0 Å². The van der Waals surface area contributed by atoms with Gasteiger partial charge in [-0.2, -0.15) is 0 Å². The van der Waals surface area contributed by atoms with E-state index in [1.807, 2.05) is 20.8 Å². The second kappa shape index (κ2) is 10.3. The van der Waals surface area contributed by atoms with Gasteiger partial charge in [0.2, 0.25) is 5.91 Å². The highest BCUT2D eigenvalue weighted by atomic mass is 19.1. The highest BCUT2D eigenvalue weighted by Gasteiger charge is 2.40. The van der Waals surface area contributed by atoms with Crippen molar-refractivity contribution in [2.75, 3.05) is 19.8 Å². The summed E-state index contributed by atoms with van der Waals surface area (Å²) in [5.41, 5.74) is -0.0760. The van der Waals surface area contributed by atoms with E-state index in [1.165, 1.54) is 13.0 Å². The molecule has 10 heteroatoms. The number of aliphatic hydroxyl groups is 1. The van der Waals surface area contributed by atoms with E-state index in [2.05, 4.69) is 5.32 Å². The first kappa shape index (κ1) is 25.0. The molecular formula is C21H30F2N2O6. The Morgan fingerprint density at radius 3 is 2.58 bits per heavy atom. The SMILES string of the molecule is CC(=O)N[C@@H](Cc1ccc(F)cc1F)[C@H](O)[C@H]1CO[C@@H](OCC(C)(C)C)CN1C(=O)O. The molecule has 0 radical (unpaired) electrons. The third kappa shape index (κ3) is 7.41. The highest BCUT2D eigenvalue weighted by Crippen LogP contribution is 2.22. The Labute approximate surface area is 180 Å². The van der Waals surface area contributed by atoms with Crippen LogP contribution in [0, 0.1) is 17.0 Å². The number of halogens is 2. The van der Waals surface area contributed by atoms with Crippen LogP contribution >= 0.6 is 0 Å². The smallest absolute Gasteiger partial charge is 0.407 e. The zero-order chi connectivity index (χ0) is 23.3. The summed E-state index contributed by atoms with van der Waals surface area (Å²) in [7, 11) is 0. The third-order valence-electron chi connectivity index (χ3n) is 4.80. The van der Waals surface area contributed by atoms with Crippen molar-refractivity contribution >= 4 is 12.0 Å². The van der Waals surface area contributed by atoms with Crippen LogP contribution in [0.25, 0.3) is 0 Å². The summed E-state index contributed by atoms with van der Waals surface area (Å²) in [6.45, 7) is 7.15. The molecule has 0 unspecified atom stereocenters. The van der Waals surface area contributed by atoms with Crippen molar-refractivity contribution in [3.8, 4) is 0 Å². The van der Waals surface area contributed by atoms with E-state index in [4.69, 9.17) is 9.47 Å². The van der Waals surface area contributed by atoms with Crippen LogP contribution in [0.1, 0.15) is 33.3 Å². The average molecular weight is 444 g/mol. The molecule has 31 heavy (non-hydrogen) atoms. The minimum Gasteiger partial charge on any atom is -0.465 e. The van der Waals surface area contributed by atoms with Crippen molar-refractivity contribution in [3.05, 3.63) is 35.4 Å². The number of carbonyl (C=O) groups excluding carboxylic acids is 1. The van der Waals surface area contributed by atoms with E-state index in [0.717, 1.165) is 11.0 Å². The molecule has 1 aromatic carbocycles. The fourth-order valence-corrected chi connectivity index (χ4v) is 3.30. The third-order valence-corrected chi connectivity index (χ3v) is 4.80. The molecule has 174 valence electrons. The zero-order valence-electron chi connectivity index (χ0n) is 18.1. The van der Waals surface area contributed by atoms with Crippen LogP contribution in [-0.4, -0.2) is 71.3 Å². The zero-order valence-corrected chi connectivity index (χ0v) is 18.1. The molecule has 3 N–H and O–H groups in total. The highest BCUT2D eigenvalue weighted by molar-refractivity contribution is 5.73. The Kier molecular flexibility index (Phi) is 8.33. The quantitative estimate of drug-likeness (QED) is 0.595. The molecule has 2 rings (SSSR count). The normalized spacial score (nSPS) is 21.5. The van der Waals surface area contributed by atoms with Crippen molar-refractivity contribution in [3.63, 3.8) is 0 Å². The Bertz CT molecular complexity index is 786. The summed E-state index contributed by atoms with van der Waals surface area (Å²) >= 11 is 0.